The largest absolute Gasteiger partial charge is 0.310 e. The highest BCUT2D eigenvalue weighted by molar-refractivity contribution is 7.00. The van der Waals surface area contributed by atoms with Crippen molar-refractivity contribution in [3.63, 3.8) is 0 Å². The Bertz CT molecular complexity index is 3980. The number of fused-ring (bicyclic) bond motifs is 15. The normalized spacial score (nSPS) is 14.3. The third-order valence-corrected chi connectivity index (χ3v) is 16.6. The molecule has 15 rings (SSSR count). The van der Waals surface area contributed by atoms with Crippen LogP contribution in [-0.4, -0.2) is 15.8 Å². The first kappa shape index (κ1) is 36.3. The van der Waals surface area contributed by atoms with E-state index in [1.54, 1.807) is 0 Å². The third kappa shape index (κ3) is 4.13. The predicted molar refractivity (Wildman–Crippen MR) is 276 cm³/mol. The minimum Gasteiger partial charge on any atom is -0.310 e. The van der Waals surface area contributed by atoms with Crippen LogP contribution in [0.4, 0.5) is 0 Å². The molecular weight excluding hydrogens is 784 g/mol. The highest BCUT2D eigenvalue weighted by Gasteiger charge is 2.55. The highest BCUT2D eigenvalue weighted by atomic mass is 15.1. The summed E-state index contributed by atoms with van der Waals surface area (Å²) < 4.78 is 5.53. The van der Waals surface area contributed by atoms with Gasteiger partial charge in [0.2, 0.25) is 0 Å². The second-order valence-corrected chi connectivity index (χ2v) is 19.5. The molecule has 0 saturated carbocycles. The molecule has 0 N–H and O–H groups in total. The molecule has 65 heavy (non-hydrogen) atoms. The highest BCUT2D eigenvalue weighted by Crippen LogP contribution is 2.62. The van der Waals surface area contributed by atoms with Gasteiger partial charge in [-0.25, -0.2) is 0 Å². The van der Waals surface area contributed by atoms with Crippen LogP contribution < -0.4 is 16.4 Å². The maximum Gasteiger partial charge on any atom is 0.252 e. The zero-order chi connectivity index (χ0) is 43.2. The maximum atomic E-state index is 2.79. The van der Waals surface area contributed by atoms with Gasteiger partial charge in [0.25, 0.3) is 6.71 Å². The predicted octanol–water partition coefficient (Wildman–Crippen LogP) is 13.1. The number of hydrogen-bond acceptors (Lipinski definition) is 0. The van der Waals surface area contributed by atoms with Gasteiger partial charge >= 0.3 is 0 Å². The minimum atomic E-state index is -0.550. The number of benzene rings is 9. The summed E-state index contributed by atoms with van der Waals surface area (Å²) in [5.41, 5.74) is 29.8. The lowest BCUT2D eigenvalue weighted by atomic mass is 9.33. The van der Waals surface area contributed by atoms with Crippen molar-refractivity contribution >= 4 is 77.5 Å². The third-order valence-electron chi connectivity index (χ3n) is 16.6. The van der Waals surface area contributed by atoms with E-state index in [4.69, 9.17) is 0 Å². The van der Waals surface area contributed by atoms with Gasteiger partial charge in [0, 0.05) is 43.8 Å². The number of aromatic nitrogens is 2. The minimum absolute atomic E-state index is 0.0359. The molecule has 3 heteroatoms. The molecule has 3 aliphatic heterocycles. The number of rotatable bonds is 5. The average Bonchev–Trinajstić information content (AvgIpc) is 3.97. The smallest absolute Gasteiger partial charge is 0.252 e. The molecule has 0 unspecified atom stereocenters. The molecule has 308 valence electrons. The molecule has 1 aliphatic carbocycles. The van der Waals surface area contributed by atoms with Crippen LogP contribution in [-0.2, 0) is 31.1 Å². The Morgan fingerprint density at radius 3 is 1.66 bits per heavy atom. The first-order valence-corrected chi connectivity index (χ1v) is 24.1. The second-order valence-electron chi connectivity index (χ2n) is 19.5. The quantitative estimate of drug-likeness (QED) is 0.153. The molecule has 0 bridgehead atoms. The molecular formula is C62H47BN2. The van der Waals surface area contributed by atoms with Gasteiger partial charge in [-0.2, -0.15) is 0 Å². The van der Waals surface area contributed by atoms with Crippen molar-refractivity contribution in [2.75, 3.05) is 0 Å². The summed E-state index contributed by atoms with van der Waals surface area (Å²) in [7, 11) is 0. The number of aryl methyl sites for hydroxylation is 5. The van der Waals surface area contributed by atoms with Gasteiger partial charge in [0.05, 0.1) is 22.1 Å². The Hall–Kier alpha value is -7.10. The molecule has 9 aromatic carbocycles. The Kier molecular flexibility index (Phi) is 6.90. The van der Waals surface area contributed by atoms with Crippen molar-refractivity contribution in [1.29, 1.82) is 0 Å². The van der Waals surface area contributed by atoms with Crippen LogP contribution in [0.25, 0.3) is 88.0 Å². The summed E-state index contributed by atoms with van der Waals surface area (Å²) in [6, 6.07) is 58.2. The molecule has 2 aromatic heterocycles. The average molecular weight is 831 g/mol. The van der Waals surface area contributed by atoms with Crippen molar-refractivity contribution in [1.82, 2.24) is 9.13 Å². The van der Waals surface area contributed by atoms with Gasteiger partial charge in [0.1, 0.15) is 0 Å². The topological polar surface area (TPSA) is 9.86 Å². The van der Waals surface area contributed by atoms with Crippen molar-refractivity contribution in [2.45, 2.75) is 65.7 Å². The fraction of sp³-hybridized carbons (Fsp3) is 0.161. The van der Waals surface area contributed by atoms with E-state index in [9.17, 15) is 0 Å². The zero-order valence-electron chi connectivity index (χ0n) is 37.7. The van der Waals surface area contributed by atoms with Crippen LogP contribution in [0.15, 0.2) is 146 Å². The molecule has 1 spiro atoms. The van der Waals surface area contributed by atoms with Gasteiger partial charge < -0.3 is 9.13 Å². The van der Waals surface area contributed by atoms with Crippen LogP contribution in [0.1, 0.15) is 77.8 Å². The van der Waals surface area contributed by atoms with Crippen LogP contribution >= 0.6 is 0 Å². The first-order valence-electron chi connectivity index (χ1n) is 24.1. The maximum absolute atomic E-state index is 2.79. The molecule has 0 fully saturated rings. The fourth-order valence-electron chi connectivity index (χ4n) is 13.8. The molecule has 0 radical (unpaired) electrons. The number of hydrogen-bond donors (Lipinski definition) is 0. The standard InChI is InChI=1S/C62H47BN2/c1-6-35-24-25-55-44(26-35)45-28-37(8-3)31-53-58(45)64(55)60-48(41-21-15-19-39-34(5)16-14-20-40(39)41)33-52-61-56(60)63(53)54-32-38(9-4)29-47-46-27-36(7-2)30-51(57(46)65(61)59(47)54)62(52)49-22-12-10-17-42(49)43-18-11-13-23-50(43)62/h10-33H,6-9H2,1-5H3. The Morgan fingerprint density at radius 2 is 0.969 bits per heavy atom. The summed E-state index contributed by atoms with van der Waals surface area (Å²) in [4.78, 5) is 0. The van der Waals surface area contributed by atoms with Crippen LogP contribution in [0.5, 0.6) is 0 Å². The van der Waals surface area contributed by atoms with Crippen LogP contribution in [0.2, 0.25) is 0 Å². The summed E-state index contributed by atoms with van der Waals surface area (Å²) in [6.45, 7) is 11.6. The fourth-order valence-corrected chi connectivity index (χ4v) is 13.8. The Labute approximate surface area is 379 Å². The van der Waals surface area contributed by atoms with Gasteiger partial charge in [-0.3, -0.25) is 0 Å². The van der Waals surface area contributed by atoms with Crippen LogP contribution in [0.3, 0.4) is 0 Å². The molecule has 0 saturated heterocycles. The van der Waals surface area contributed by atoms with E-state index in [1.165, 1.54) is 154 Å². The first-order chi connectivity index (χ1) is 32.0. The Morgan fingerprint density at radius 1 is 0.400 bits per heavy atom. The zero-order valence-corrected chi connectivity index (χ0v) is 37.7. The lowest BCUT2D eigenvalue weighted by molar-refractivity contribution is 0.748. The van der Waals surface area contributed by atoms with E-state index < -0.39 is 5.41 Å². The molecule has 5 heterocycles. The molecule has 4 aliphatic rings. The SMILES string of the molecule is CCc1ccc2c(c1)c1cc(CC)cc3c1n2-c1c(-c2cccc4c(C)cccc24)cc2c4c1B3c1cc(CC)cc3c5cc(CC)cc(c5n-4c13)C21c2ccccc2-c2ccccc21. The second kappa shape index (κ2) is 12.4. The van der Waals surface area contributed by atoms with Crippen molar-refractivity contribution in [3.05, 3.63) is 196 Å². The van der Waals surface area contributed by atoms with E-state index in [-0.39, 0.29) is 6.71 Å². The monoisotopic (exact) mass is 830 g/mol. The summed E-state index contributed by atoms with van der Waals surface area (Å²) in [5.74, 6) is 0. The molecule has 0 atom stereocenters. The lowest BCUT2D eigenvalue weighted by Crippen LogP contribution is -2.60. The lowest BCUT2D eigenvalue weighted by Gasteiger charge is -2.45. The summed E-state index contributed by atoms with van der Waals surface area (Å²) >= 11 is 0. The summed E-state index contributed by atoms with van der Waals surface area (Å²) in [6.07, 6.45) is 3.95. The Balaban J connectivity index is 1.27. The van der Waals surface area contributed by atoms with E-state index in [0.29, 0.717) is 0 Å². The van der Waals surface area contributed by atoms with E-state index >= 15 is 0 Å². The van der Waals surface area contributed by atoms with Gasteiger partial charge in [-0.05, 0) is 163 Å². The molecule has 11 aromatic rings. The van der Waals surface area contributed by atoms with Crippen molar-refractivity contribution in [2.24, 2.45) is 0 Å². The van der Waals surface area contributed by atoms with E-state index in [2.05, 4.69) is 189 Å². The molecule has 2 nitrogen and oxygen atoms in total. The number of nitrogens with zero attached hydrogens (tertiary/aromatic N) is 2. The van der Waals surface area contributed by atoms with Gasteiger partial charge in [-0.1, -0.05) is 137 Å². The van der Waals surface area contributed by atoms with Crippen LogP contribution in [0, 0.1) is 6.92 Å². The van der Waals surface area contributed by atoms with E-state index in [1.807, 2.05) is 0 Å². The molecule has 0 amide bonds. The van der Waals surface area contributed by atoms with Gasteiger partial charge in [-0.15, -0.1) is 0 Å². The van der Waals surface area contributed by atoms with Crippen molar-refractivity contribution < 1.29 is 0 Å². The van der Waals surface area contributed by atoms with E-state index in [0.717, 1.165) is 25.7 Å². The van der Waals surface area contributed by atoms with Gasteiger partial charge in [0.15, 0.2) is 0 Å². The summed E-state index contributed by atoms with van der Waals surface area (Å²) in [5, 5.41) is 8.16. The van der Waals surface area contributed by atoms with Crippen molar-refractivity contribution in [3.8, 4) is 33.6 Å².